The van der Waals surface area contributed by atoms with Crippen molar-refractivity contribution in [1.82, 2.24) is 54.4 Å². The average molecular weight is 1800 g/mol. The first-order valence-corrected chi connectivity index (χ1v) is 44.5. The Kier molecular flexibility index (Phi) is 37.1. The van der Waals surface area contributed by atoms with Gasteiger partial charge >= 0.3 is 21.2 Å². The molecule has 27 nitrogen and oxygen atoms in total. The third-order valence-electron chi connectivity index (χ3n) is 19.4. The van der Waals surface area contributed by atoms with Crippen molar-refractivity contribution < 1.29 is 64.7 Å². The number of nitrogens with two attached hydrogens (primary N) is 1. The third-order valence-corrected chi connectivity index (χ3v) is 24.2. The van der Waals surface area contributed by atoms with Crippen molar-refractivity contribution in [3.8, 4) is 35.5 Å². The summed E-state index contributed by atoms with van der Waals surface area (Å²) in [6.45, 7) is 20.6. The predicted octanol–water partition coefficient (Wildman–Crippen LogP) is 16.7. The van der Waals surface area contributed by atoms with Crippen molar-refractivity contribution in [2.24, 2.45) is 16.2 Å². The van der Waals surface area contributed by atoms with Crippen LogP contribution in [0.3, 0.4) is 0 Å². The molecule has 0 radical (unpaired) electrons. The summed E-state index contributed by atoms with van der Waals surface area (Å²) in [5.74, 6) is 17.7. The molecule has 0 spiro atoms. The lowest BCUT2D eigenvalue weighted by Gasteiger charge is -2.18. The van der Waals surface area contributed by atoms with Gasteiger partial charge in [0.1, 0.15) is 55.0 Å². The molecule has 6 heterocycles. The van der Waals surface area contributed by atoms with E-state index >= 15 is 0 Å². The number of carbonyl (C=O) groups excluding carboxylic acids is 3. The molecule has 3 aromatic heterocycles. The number of halogens is 6. The van der Waals surface area contributed by atoms with Gasteiger partial charge in [-0.1, -0.05) is 94.6 Å². The molecule has 7 N–H and O–H groups in total. The van der Waals surface area contributed by atoms with Crippen LogP contribution in [0.1, 0.15) is 90.0 Å². The molecule has 0 aliphatic carbocycles. The van der Waals surface area contributed by atoms with E-state index in [2.05, 4.69) is 143 Å². The highest BCUT2D eigenvalue weighted by Crippen LogP contribution is 2.49. The number of hydrogen-bond donors (Lipinski definition) is 6. The Bertz CT molecular complexity index is 5630. The molecule has 660 valence electrons. The number of rotatable bonds is 26. The number of ketones is 1. The van der Waals surface area contributed by atoms with Crippen molar-refractivity contribution in [3.05, 3.63) is 177 Å². The summed E-state index contributed by atoms with van der Waals surface area (Å²) >= 11 is 17.8. The molecule has 1 amide bonds. The monoisotopic (exact) mass is 1800 g/mol. The number of anilines is 8. The SMILES string of the molecule is CCOP(=O)(CC(=O)Nc1cc2c(Nc3cccc(Cl)c3F)ncnc2cc1C#C[C@@]1(C)CCN(C)C1)OCC.CCOP(=O)(CC(=O)O)OCC.CN(C)C/C=C/C(=O)Cc1cc2c(Nc3cccc(Cl)c3F)ncnc2cc1C#C[C@@]1(C)CCN(C)C1.CN(C)CC=O.CN1CC[C@](C)(C#Cc2cc3ncnc(Nc4cccc(Cl)c4F)c3cc2N)C1. The minimum Gasteiger partial charge on any atom is -0.481 e. The highest BCUT2D eigenvalue weighted by molar-refractivity contribution is 7.55. The van der Waals surface area contributed by atoms with Gasteiger partial charge < -0.3 is 79.5 Å². The van der Waals surface area contributed by atoms with Crippen LogP contribution in [0, 0.1) is 69.2 Å². The fourth-order valence-electron chi connectivity index (χ4n) is 13.3. The third kappa shape index (κ3) is 29.6. The zero-order valence-corrected chi connectivity index (χ0v) is 76.1. The predicted molar refractivity (Wildman–Crippen MR) is 487 cm³/mol. The first-order chi connectivity index (χ1) is 58.8. The summed E-state index contributed by atoms with van der Waals surface area (Å²) in [4.78, 5) is 82.3. The van der Waals surface area contributed by atoms with Crippen molar-refractivity contribution >= 4 is 153 Å². The van der Waals surface area contributed by atoms with Crippen molar-refractivity contribution in [1.29, 1.82) is 0 Å². The first-order valence-electron chi connectivity index (χ1n) is 39.9. The van der Waals surface area contributed by atoms with Gasteiger partial charge in [-0.2, -0.15) is 0 Å². The maximum absolute atomic E-state index is 14.6. The molecular formula is C89H106Cl3F3N16O11P2. The average Bonchev–Trinajstić information content (AvgIpc) is 0.892. The van der Waals surface area contributed by atoms with Crippen molar-refractivity contribution in [2.45, 2.75) is 74.1 Å². The number of nitrogen functional groups attached to an aromatic ring is 1. The summed E-state index contributed by atoms with van der Waals surface area (Å²) in [6, 6.07) is 24.9. The number of aliphatic carboxylic acids is 1. The number of fused-ring (bicyclic) bond motifs is 3. The molecule has 9 aromatic rings. The number of hydrogen-bond acceptors (Lipinski definition) is 25. The van der Waals surface area contributed by atoms with Crippen LogP contribution in [0.5, 0.6) is 0 Å². The van der Waals surface area contributed by atoms with Crippen LogP contribution in [0.15, 0.2) is 122 Å². The smallest absolute Gasteiger partial charge is 0.341 e. The van der Waals surface area contributed by atoms with E-state index in [4.69, 9.17) is 63.7 Å². The van der Waals surface area contributed by atoms with Crippen LogP contribution in [0.4, 0.5) is 59.1 Å². The fourth-order valence-corrected chi connectivity index (χ4v) is 16.7. The summed E-state index contributed by atoms with van der Waals surface area (Å²) in [5, 5.41) is 22.0. The number of carbonyl (C=O) groups is 4. The highest BCUT2D eigenvalue weighted by atomic mass is 35.5. The minimum atomic E-state index is -3.64. The number of likely N-dealkylation sites (N-methyl/N-ethyl adjacent to an activating group) is 2. The number of aldehydes is 1. The second-order valence-electron chi connectivity index (χ2n) is 31.0. The molecule has 124 heavy (non-hydrogen) atoms. The second-order valence-corrected chi connectivity index (χ2v) is 36.4. The van der Waals surface area contributed by atoms with E-state index in [1.54, 1.807) is 82.3 Å². The number of carboxylic acids is 1. The lowest BCUT2D eigenvalue weighted by Crippen LogP contribution is -2.20. The van der Waals surface area contributed by atoms with Gasteiger partial charge in [-0.05, 0) is 221 Å². The Hall–Kier alpha value is -10.0. The molecule has 0 saturated carbocycles. The maximum Gasteiger partial charge on any atom is 0.341 e. The number of allylic oxidation sites excluding steroid dienone is 1. The van der Waals surface area contributed by atoms with E-state index in [1.165, 1.54) is 43.2 Å². The van der Waals surface area contributed by atoms with E-state index in [9.17, 15) is 41.5 Å². The van der Waals surface area contributed by atoms with E-state index in [0.29, 0.717) is 80.2 Å². The number of aromatic nitrogens is 6. The molecule has 3 fully saturated rings. The minimum absolute atomic E-state index is 0.0165. The van der Waals surface area contributed by atoms with Gasteiger partial charge in [0.2, 0.25) is 5.91 Å². The Morgan fingerprint density at radius 2 is 0.911 bits per heavy atom. The molecule has 3 aliphatic rings. The first kappa shape index (κ1) is 99.4. The maximum atomic E-state index is 14.6. The lowest BCUT2D eigenvalue weighted by molar-refractivity contribution is -0.134. The van der Waals surface area contributed by atoms with Crippen LogP contribution < -0.4 is 27.0 Å². The number of nitrogens with one attached hydrogen (secondary N) is 4. The molecule has 3 aliphatic heterocycles. The Balaban J connectivity index is 0.000000211. The number of benzene rings is 6. The molecule has 3 atom stereocenters. The fraction of sp³-hybridized carbons (Fsp3) is 0.393. The molecule has 6 aromatic carbocycles. The van der Waals surface area contributed by atoms with E-state index in [-0.39, 0.29) is 87.0 Å². The number of carboxylic acid groups (broad SMARTS) is 1. The van der Waals surface area contributed by atoms with Crippen LogP contribution in [-0.2, 0) is 52.8 Å². The summed E-state index contributed by atoms with van der Waals surface area (Å²) in [7, 11) is 6.85. The van der Waals surface area contributed by atoms with E-state index in [0.717, 1.165) is 81.5 Å². The zero-order valence-electron chi connectivity index (χ0n) is 72.0. The van der Waals surface area contributed by atoms with Crippen LogP contribution in [0.2, 0.25) is 15.1 Å². The second kappa shape index (κ2) is 46.3. The van der Waals surface area contributed by atoms with Crippen LogP contribution in [-0.4, -0.2) is 224 Å². The quantitative estimate of drug-likeness (QED) is 0.00964. The van der Waals surface area contributed by atoms with Gasteiger partial charge in [0.15, 0.2) is 23.2 Å². The molecule has 0 unspecified atom stereocenters. The Labute approximate surface area is 737 Å². The van der Waals surface area contributed by atoms with Gasteiger partial charge in [-0.15, -0.1) is 0 Å². The summed E-state index contributed by atoms with van der Waals surface area (Å²) in [6.07, 6.45) is 10.6. The van der Waals surface area contributed by atoms with E-state index < -0.39 is 56.8 Å². The van der Waals surface area contributed by atoms with Gasteiger partial charge in [0, 0.05) is 81.8 Å². The molecule has 3 saturated heterocycles. The largest absolute Gasteiger partial charge is 0.481 e. The highest BCUT2D eigenvalue weighted by Gasteiger charge is 2.34. The molecule has 0 bridgehead atoms. The number of amides is 1. The van der Waals surface area contributed by atoms with Crippen LogP contribution >= 0.6 is 50.0 Å². The van der Waals surface area contributed by atoms with Crippen molar-refractivity contribution in [3.63, 3.8) is 0 Å². The number of nitrogens with zero attached hydrogens (tertiary/aromatic N) is 11. The number of likely N-dealkylation sites (tertiary alicyclic amines) is 3. The Morgan fingerprint density at radius 1 is 0.540 bits per heavy atom. The van der Waals surface area contributed by atoms with Gasteiger partial charge in [-0.3, -0.25) is 23.5 Å². The summed E-state index contributed by atoms with van der Waals surface area (Å²) in [5.41, 5.74) is 12.0. The van der Waals surface area contributed by atoms with Crippen molar-refractivity contribution in [2.75, 3.05) is 167 Å². The topological polar surface area (TPSA) is 327 Å². The standard InChI is InChI=1S/C29H31ClFN5O.C28H32ClFN5O4P.C22H21ClFN5.C6H13O5P.C4H9NO/c1-29(12-14-36(4)18-29)11-10-20-17-26-23(16-21(20)15-22(37)7-6-13-35(2)3)28(33-19-32-26)34-25-9-5-8-24(30)27(25)31;1-5-38-40(37,39-6-2)16-25(36)33-23-15-20-24(14-19(23)10-11-28(3)12-13-35(4)17-28)31-18-32-27(20)34-22-9-7-8-21(29)26(22)30;1-22(8-9-29(2)12-22)7-6-14-10-19-15(11-17(14)25)21(27-13-26-19)28-18-5-3-4-16(23)20(18)24;1-3-10-12(9,11-4-2)5-6(7)8;1-5(2)3-4-6/h5-9,16-17,19H,12-15,18H2,1-4H3,(H,32,33,34);7-9,14-15,18H,5-6,12-13,16-17H2,1-4H3,(H,33,36)(H,31,32,34);3-5,10-11,13H,8-9,12,25H2,1-2H3,(H,26,27,28);3-5H2,1-2H3,(H,7,8);4H,3H2,1-2H3/b7-6+;;;;/t29-;28-;22-;;/m000../s1. The molecule has 35 heteroatoms. The zero-order chi connectivity index (χ0) is 90.7. The van der Waals surface area contributed by atoms with Crippen LogP contribution in [0.25, 0.3) is 32.7 Å². The summed E-state index contributed by atoms with van der Waals surface area (Å²) < 4.78 is 87.9. The van der Waals surface area contributed by atoms with Gasteiger partial charge in [0.05, 0.1) is 92.9 Å². The van der Waals surface area contributed by atoms with Gasteiger partial charge in [0.25, 0.3) is 0 Å². The molecule has 12 rings (SSSR count). The van der Waals surface area contributed by atoms with Gasteiger partial charge in [-0.25, -0.2) is 43.1 Å². The van der Waals surface area contributed by atoms with E-state index in [1.807, 2.05) is 62.3 Å². The normalized spacial score (nSPS) is 17.0. The Morgan fingerprint density at radius 3 is 1.28 bits per heavy atom. The molecular weight excluding hydrogens is 1690 g/mol. The lowest BCUT2D eigenvalue weighted by atomic mass is 9.89.